The largest absolute Gasteiger partial charge is 0.394 e. The van der Waals surface area contributed by atoms with Crippen LogP contribution in [0.5, 0.6) is 0 Å². The van der Waals surface area contributed by atoms with Crippen molar-refractivity contribution in [1.29, 1.82) is 0 Å². The first-order valence-corrected chi connectivity index (χ1v) is 7.36. The monoisotopic (exact) mass is 291 g/mol. The molecule has 2 rings (SSSR count). The third kappa shape index (κ3) is 3.64. The minimum Gasteiger partial charge on any atom is -0.394 e. The van der Waals surface area contributed by atoms with Crippen molar-refractivity contribution < 1.29 is 18.3 Å². The number of benzene rings is 1. The van der Waals surface area contributed by atoms with E-state index in [-0.39, 0.29) is 18.2 Å². The topological polar surface area (TPSA) is 32.3 Å². The Morgan fingerprint density at radius 2 is 2.00 bits per heavy atom. The van der Waals surface area contributed by atoms with Gasteiger partial charge in [0.2, 0.25) is 0 Å². The highest BCUT2D eigenvalue weighted by Gasteiger charge is 2.21. The van der Waals surface area contributed by atoms with Gasteiger partial charge in [-0.15, -0.1) is 0 Å². The van der Waals surface area contributed by atoms with Crippen molar-refractivity contribution in [3.63, 3.8) is 0 Å². The normalized spacial score (nSPS) is 21.4. The van der Waals surface area contributed by atoms with Crippen molar-refractivity contribution in [3.8, 4) is 0 Å². The Kier molecular flexibility index (Phi) is 5.13. The molecule has 0 saturated carbocycles. The molecule has 6 heteroatoms. The van der Waals surface area contributed by atoms with Crippen LogP contribution in [-0.2, 0) is 0 Å². The van der Waals surface area contributed by atoms with Crippen molar-refractivity contribution in [2.45, 2.75) is 24.9 Å². The third-order valence-corrected chi connectivity index (χ3v) is 4.40. The minimum absolute atomic E-state index is 0.201. The van der Waals surface area contributed by atoms with Gasteiger partial charge in [0.1, 0.15) is 0 Å². The van der Waals surface area contributed by atoms with Gasteiger partial charge < -0.3 is 10.4 Å². The highest BCUT2D eigenvalue weighted by atomic mass is 32.2. The van der Waals surface area contributed by atoms with Gasteiger partial charge in [-0.2, -0.15) is 11.8 Å². The fourth-order valence-corrected chi connectivity index (χ4v) is 3.27. The lowest BCUT2D eigenvalue weighted by Crippen LogP contribution is -2.38. The Morgan fingerprint density at radius 3 is 2.53 bits per heavy atom. The van der Waals surface area contributed by atoms with E-state index < -0.39 is 23.5 Å². The number of hydrogen-bond acceptors (Lipinski definition) is 3. The molecule has 0 amide bonds. The van der Waals surface area contributed by atoms with Crippen LogP contribution in [0.3, 0.4) is 0 Å². The molecule has 1 aliphatic rings. The highest BCUT2D eigenvalue weighted by molar-refractivity contribution is 7.99. The second-order valence-corrected chi connectivity index (χ2v) is 5.76. The molecule has 19 heavy (non-hydrogen) atoms. The smallest absolute Gasteiger partial charge is 0.194 e. The van der Waals surface area contributed by atoms with Gasteiger partial charge in [-0.05, 0) is 36.3 Å². The van der Waals surface area contributed by atoms with Crippen molar-refractivity contribution in [1.82, 2.24) is 5.32 Å². The molecule has 2 atom stereocenters. The van der Waals surface area contributed by atoms with Gasteiger partial charge >= 0.3 is 0 Å². The summed E-state index contributed by atoms with van der Waals surface area (Å²) >= 11 is 1.81. The van der Waals surface area contributed by atoms with E-state index in [2.05, 4.69) is 5.32 Å². The molecule has 2 nitrogen and oxygen atoms in total. The molecule has 0 bridgehead atoms. The SMILES string of the molecule is OCC(NC1CCCSC1)c1cc(F)c(F)c(F)c1. The molecule has 0 radical (unpaired) electrons. The van der Waals surface area contributed by atoms with Crippen LogP contribution in [0, 0.1) is 17.5 Å². The Labute approximate surface area is 114 Å². The van der Waals surface area contributed by atoms with Crippen LogP contribution in [0.25, 0.3) is 0 Å². The lowest BCUT2D eigenvalue weighted by Gasteiger charge is -2.27. The van der Waals surface area contributed by atoms with E-state index >= 15 is 0 Å². The Hall–Kier alpha value is -0.720. The lowest BCUT2D eigenvalue weighted by atomic mass is 10.0. The fourth-order valence-electron chi connectivity index (χ4n) is 2.19. The van der Waals surface area contributed by atoms with Crippen LogP contribution < -0.4 is 5.32 Å². The molecule has 0 aromatic heterocycles. The number of hydrogen-bond donors (Lipinski definition) is 2. The van der Waals surface area contributed by atoms with E-state index in [1.807, 2.05) is 11.8 Å². The summed E-state index contributed by atoms with van der Waals surface area (Å²) in [6, 6.07) is 1.49. The fraction of sp³-hybridized carbons (Fsp3) is 0.538. The summed E-state index contributed by atoms with van der Waals surface area (Å²) in [5.74, 6) is -1.92. The zero-order valence-corrected chi connectivity index (χ0v) is 11.2. The van der Waals surface area contributed by atoms with E-state index in [0.29, 0.717) is 0 Å². The summed E-state index contributed by atoms with van der Waals surface area (Å²) in [5.41, 5.74) is 0.231. The first-order valence-electron chi connectivity index (χ1n) is 6.21. The molecular weight excluding hydrogens is 275 g/mol. The molecule has 1 aromatic rings. The van der Waals surface area contributed by atoms with Crippen LogP contribution in [-0.4, -0.2) is 29.3 Å². The molecule has 1 heterocycles. The molecule has 1 aromatic carbocycles. The van der Waals surface area contributed by atoms with Gasteiger partial charge in [0.25, 0.3) is 0 Å². The summed E-state index contributed by atoms with van der Waals surface area (Å²) in [6.07, 6.45) is 2.04. The Bertz CT molecular complexity index is 415. The Morgan fingerprint density at radius 1 is 1.32 bits per heavy atom. The van der Waals surface area contributed by atoms with Crippen molar-refractivity contribution in [2.75, 3.05) is 18.1 Å². The average Bonchev–Trinajstić information content (AvgIpc) is 2.42. The number of aliphatic hydroxyl groups excluding tert-OH is 1. The van der Waals surface area contributed by atoms with Gasteiger partial charge in [0.05, 0.1) is 12.6 Å². The van der Waals surface area contributed by atoms with Crippen LogP contribution in [0.4, 0.5) is 13.2 Å². The molecule has 2 unspecified atom stereocenters. The third-order valence-electron chi connectivity index (χ3n) is 3.19. The summed E-state index contributed by atoms with van der Waals surface area (Å²) in [7, 11) is 0. The second-order valence-electron chi connectivity index (χ2n) is 4.61. The second kappa shape index (κ2) is 6.63. The zero-order chi connectivity index (χ0) is 13.8. The first kappa shape index (κ1) is 14.7. The zero-order valence-electron chi connectivity index (χ0n) is 10.3. The van der Waals surface area contributed by atoms with Gasteiger partial charge in [0.15, 0.2) is 17.5 Å². The van der Waals surface area contributed by atoms with Gasteiger partial charge in [-0.25, -0.2) is 13.2 Å². The van der Waals surface area contributed by atoms with Crippen LogP contribution in [0.15, 0.2) is 12.1 Å². The predicted octanol–water partition coefficient (Wildman–Crippen LogP) is 2.62. The average molecular weight is 291 g/mol. The molecule has 0 aliphatic carbocycles. The standard InChI is InChI=1S/C13H16F3NOS/c14-10-4-8(5-11(15)13(10)16)12(6-18)17-9-2-1-3-19-7-9/h4-5,9,12,17-18H,1-3,6-7H2. The maximum Gasteiger partial charge on any atom is 0.194 e. The summed E-state index contributed by atoms with van der Waals surface area (Å²) in [6.45, 7) is -0.286. The van der Waals surface area contributed by atoms with E-state index in [1.165, 1.54) is 0 Å². The quantitative estimate of drug-likeness (QED) is 0.837. The summed E-state index contributed by atoms with van der Waals surface area (Å²) < 4.78 is 39.3. The predicted molar refractivity (Wildman–Crippen MR) is 69.6 cm³/mol. The number of thioether (sulfide) groups is 1. The molecule has 2 N–H and O–H groups in total. The summed E-state index contributed by atoms with van der Waals surface area (Å²) in [4.78, 5) is 0. The highest BCUT2D eigenvalue weighted by Crippen LogP contribution is 2.23. The maximum atomic E-state index is 13.2. The molecule has 1 aliphatic heterocycles. The van der Waals surface area contributed by atoms with Crippen LogP contribution >= 0.6 is 11.8 Å². The van der Waals surface area contributed by atoms with E-state index in [1.54, 1.807) is 0 Å². The van der Waals surface area contributed by atoms with E-state index in [9.17, 15) is 18.3 Å². The van der Waals surface area contributed by atoms with Crippen molar-refractivity contribution >= 4 is 11.8 Å². The number of rotatable bonds is 4. The van der Waals surface area contributed by atoms with Gasteiger partial charge in [0, 0.05) is 11.8 Å². The van der Waals surface area contributed by atoms with E-state index in [0.717, 1.165) is 36.5 Å². The van der Waals surface area contributed by atoms with E-state index in [4.69, 9.17) is 0 Å². The van der Waals surface area contributed by atoms with Crippen LogP contribution in [0.2, 0.25) is 0 Å². The number of halogens is 3. The molecule has 1 fully saturated rings. The number of aliphatic hydroxyl groups is 1. The van der Waals surface area contributed by atoms with Crippen LogP contribution in [0.1, 0.15) is 24.4 Å². The molecule has 0 spiro atoms. The Balaban J connectivity index is 2.12. The molecular formula is C13H16F3NOS. The van der Waals surface area contributed by atoms with Gasteiger partial charge in [-0.1, -0.05) is 0 Å². The number of nitrogens with one attached hydrogen (secondary N) is 1. The maximum absolute atomic E-state index is 13.2. The summed E-state index contributed by atoms with van der Waals surface area (Å²) in [5, 5.41) is 12.5. The lowest BCUT2D eigenvalue weighted by molar-refractivity contribution is 0.232. The molecule has 1 saturated heterocycles. The molecule has 106 valence electrons. The first-order chi connectivity index (χ1) is 9.11. The van der Waals surface area contributed by atoms with Crippen molar-refractivity contribution in [3.05, 3.63) is 35.1 Å². The minimum atomic E-state index is -1.48. The van der Waals surface area contributed by atoms with Gasteiger partial charge in [-0.3, -0.25) is 0 Å². The van der Waals surface area contributed by atoms with Crippen molar-refractivity contribution in [2.24, 2.45) is 0 Å².